The normalized spacial score (nSPS) is 21.1. The predicted molar refractivity (Wildman–Crippen MR) is 91.6 cm³/mol. The molecule has 2 N–H and O–H groups in total. The lowest BCUT2D eigenvalue weighted by Gasteiger charge is -2.39. The maximum absolute atomic E-state index is 12.7. The number of hydrogen-bond donors (Lipinski definition) is 2. The summed E-state index contributed by atoms with van der Waals surface area (Å²) in [5.41, 5.74) is -0.872. The summed E-state index contributed by atoms with van der Waals surface area (Å²) in [6.45, 7) is 3.84. The van der Waals surface area contributed by atoms with Gasteiger partial charge in [0.15, 0.2) is 0 Å². The van der Waals surface area contributed by atoms with Gasteiger partial charge < -0.3 is 15.4 Å². The molecule has 0 saturated heterocycles. The van der Waals surface area contributed by atoms with Crippen molar-refractivity contribution in [3.05, 3.63) is 30.3 Å². The van der Waals surface area contributed by atoms with Crippen LogP contribution in [0.2, 0.25) is 0 Å². The number of nitrogens with one attached hydrogen (secondary N) is 2. The van der Waals surface area contributed by atoms with Gasteiger partial charge in [0.1, 0.15) is 17.3 Å². The molecule has 5 nitrogen and oxygen atoms in total. The van der Waals surface area contributed by atoms with Gasteiger partial charge in [-0.2, -0.15) is 0 Å². The highest BCUT2D eigenvalue weighted by Gasteiger charge is 2.52. The molecule has 2 fully saturated rings. The molecule has 0 aromatic heterocycles. The van der Waals surface area contributed by atoms with E-state index in [1.54, 1.807) is 0 Å². The van der Waals surface area contributed by atoms with E-state index in [4.69, 9.17) is 4.74 Å². The van der Waals surface area contributed by atoms with Gasteiger partial charge >= 0.3 is 0 Å². The van der Waals surface area contributed by atoms with Crippen molar-refractivity contribution >= 4 is 11.8 Å². The number of benzene rings is 1. The Morgan fingerprint density at radius 2 is 1.79 bits per heavy atom. The zero-order chi connectivity index (χ0) is 17.2. The molecule has 2 aliphatic rings. The maximum Gasteiger partial charge on any atom is 0.236 e. The van der Waals surface area contributed by atoms with Gasteiger partial charge in [-0.05, 0) is 51.7 Å². The highest BCUT2D eigenvalue weighted by Crippen LogP contribution is 2.42. The molecule has 0 heterocycles. The standard InChI is InChI=1S/C19H26N2O3/c1-13(14(2)24-16-7-4-3-5-8-16)20-17(22)19(11-6-12-19)18(23)21-15-9-10-15/h3-5,7-8,13-15H,6,9-12H2,1-2H3,(H,20,22)(H,21,23)/t13-,14+/m0/s1. The van der Waals surface area contributed by atoms with Crippen molar-refractivity contribution < 1.29 is 14.3 Å². The molecular formula is C19H26N2O3. The van der Waals surface area contributed by atoms with E-state index in [0.29, 0.717) is 12.8 Å². The minimum Gasteiger partial charge on any atom is -0.489 e. The van der Waals surface area contributed by atoms with Gasteiger partial charge in [0.25, 0.3) is 0 Å². The van der Waals surface area contributed by atoms with E-state index in [1.807, 2.05) is 44.2 Å². The summed E-state index contributed by atoms with van der Waals surface area (Å²) in [6, 6.07) is 9.64. The summed E-state index contributed by atoms with van der Waals surface area (Å²) in [5.74, 6) is 0.511. The Kier molecular flexibility index (Phi) is 4.78. The molecule has 0 bridgehead atoms. The zero-order valence-electron chi connectivity index (χ0n) is 14.4. The number of para-hydroxylation sites is 1. The smallest absolute Gasteiger partial charge is 0.236 e. The van der Waals surface area contributed by atoms with Gasteiger partial charge in [-0.25, -0.2) is 0 Å². The Labute approximate surface area is 143 Å². The van der Waals surface area contributed by atoms with Crippen molar-refractivity contribution in [2.24, 2.45) is 5.41 Å². The highest BCUT2D eigenvalue weighted by atomic mass is 16.5. The van der Waals surface area contributed by atoms with Gasteiger partial charge in [0.05, 0.1) is 6.04 Å². The first-order chi connectivity index (χ1) is 11.5. The summed E-state index contributed by atoms with van der Waals surface area (Å²) in [5, 5.41) is 5.98. The SMILES string of the molecule is C[C@H](NC(=O)C1(C(=O)NC2CC2)CCC1)[C@@H](C)Oc1ccccc1. The van der Waals surface area contributed by atoms with E-state index in [-0.39, 0.29) is 30.0 Å². The third-order valence-corrected chi connectivity index (χ3v) is 5.12. The van der Waals surface area contributed by atoms with Crippen LogP contribution in [0.1, 0.15) is 46.0 Å². The van der Waals surface area contributed by atoms with Crippen molar-refractivity contribution in [2.75, 3.05) is 0 Å². The number of carbonyl (C=O) groups is 2. The van der Waals surface area contributed by atoms with Crippen LogP contribution in [0.3, 0.4) is 0 Å². The number of carbonyl (C=O) groups excluding carboxylic acids is 2. The van der Waals surface area contributed by atoms with Crippen molar-refractivity contribution in [1.82, 2.24) is 10.6 Å². The molecule has 2 amide bonds. The minimum absolute atomic E-state index is 0.0995. The number of amides is 2. The summed E-state index contributed by atoms with van der Waals surface area (Å²) in [4.78, 5) is 25.2. The number of rotatable bonds is 7. The zero-order valence-corrected chi connectivity index (χ0v) is 14.4. The van der Waals surface area contributed by atoms with Crippen LogP contribution in [0.25, 0.3) is 0 Å². The molecule has 1 aromatic rings. The van der Waals surface area contributed by atoms with Crippen molar-refractivity contribution in [3.63, 3.8) is 0 Å². The first-order valence-corrected chi connectivity index (χ1v) is 8.85. The molecule has 0 spiro atoms. The van der Waals surface area contributed by atoms with Crippen LogP contribution in [0.4, 0.5) is 0 Å². The Hall–Kier alpha value is -2.04. The Morgan fingerprint density at radius 1 is 1.12 bits per heavy atom. The van der Waals surface area contributed by atoms with E-state index < -0.39 is 5.41 Å². The number of hydrogen-bond acceptors (Lipinski definition) is 3. The largest absolute Gasteiger partial charge is 0.489 e. The second-order valence-corrected chi connectivity index (χ2v) is 7.08. The molecule has 3 rings (SSSR count). The fourth-order valence-corrected chi connectivity index (χ4v) is 2.92. The Bertz CT molecular complexity index is 594. The van der Waals surface area contributed by atoms with Crippen LogP contribution in [0.5, 0.6) is 5.75 Å². The molecule has 0 radical (unpaired) electrons. The second-order valence-electron chi connectivity index (χ2n) is 7.08. The first kappa shape index (κ1) is 16.8. The number of ether oxygens (including phenoxy) is 1. The van der Waals surface area contributed by atoms with Crippen molar-refractivity contribution in [1.29, 1.82) is 0 Å². The Morgan fingerprint density at radius 3 is 2.33 bits per heavy atom. The molecular weight excluding hydrogens is 304 g/mol. The van der Waals surface area contributed by atoms with Gasteiger partial charge in [-0.1, -0.05) is 24.6 Å². The van der Waals surface area contributed by atoms with E-state index in [9.17, 15) is 9.59 Å². The van der Waals surface area contributed by atoms with Gasteiger partial charge in [0.2, 0.25) is 11.8 Å². The lowest BCUT2D eigenvalue weighted by molar-refractivity contribution is -0.150. The van der Waals surface area contributed by atoms with Crippen LogP contribution in [0, 0.1) is 5.41 Å². The van der Waals surface area contributed by atoms with E-state index in [2.05, 4.69) is 10.6 Å². The van der Waals surface area contributed by atoms with Crippen LogP contribution < -0.4 is 15.4 Å². The highest BCUT2D eigenvalue weighted by molar-refractivity contribution is 6.06. The lowest BCUT2D eigenvalue weighted by atomic mass is 9.67. The summed E-state index contributed by atoms with van der Waals surface area (Å²) in [7, 11) is 0. The molecule has 2 aliphatic carbocycles. The molecule has 130 valence electrons. The lowest BCUT2D eigenvalue weighted by Crippen LogP contribution is -2.58. The average molecular weight is 330 g/mol. The maximum atomic E-state index is 12.7. The molecule has 1 aromatic carbocycles. The minimum atomic E-state index is -0.872. The van der Waals surface area contributed by atoms with Gasteiger partial charge in [-0.15, -0.1) is 0 Å². The van der Waals surface area contributed by atoms with E-state index >= 15 is 0 Å². The third kappa shape index (κ3) is 3.55. The van der Waals surface area contributed by atoms with Crippen LogP contribution in [-0.2, 0) is 9.59 Å². The van der Waals surface area contributed by atoms with Gasteiger partial charge in [0, 0.05) is 6.04 Å². The van der Waals surface area contributed by atoms with Crippen LogP contribution in [0.15, 0.2) is 30.3 Å². The fraction of sp³-hybridized carbons (Fsp3) is 0.579. The molecule has 0 aliphatic heterocycles. The average Bonchev–Trinajstić information content (AvgIpc) is 3.30. The van der Waals surface area contributed by atoms with Crippen molar-refractivity contribution in [2.45, 2.75) is 64.1 Å². The summed E-state index contributed by atoms with van der Waals surface area (Å²) in [6.07, 6.45) is 4.08. The quantitative estimate of drug-likeness (QED) is 0.755. The van der Waals surface area contributed by atoms with Crippen LogP contribution in [-0.4, -0.2) is 30.0 Å². The van der Waals surface area contributed by atoms with Crippen LogP contribution >= 0.6 is 0 Å². The van der Waals surface area contributed by atoms with Crippen molar-refractivity contribution in [3.8, 4) is 5.75 Å². The molecule has 0 unspecified atom stereocenters. The van der Waals surface area contributed by atoms with Gasteiger partial charge in [-0.3, -0.25) is 9.59 Å². The third-order valence-electron chi connectivity index (χ3n) is 5.12. The molecule has 2 saturated carbocycles. The second kappa shape index (κ2) is 6.83. The predicted octanol–water partition coefficient (Wildman–Crippen LogP) is 2.41. The summed E-state index contributed by atoms with van der Waals surface area (Å²) >= 11 is 0. The molecule has 24 heavy (non-hydrogen) atoms. The fourth-order valence-electron chi connectivity index (χ4n) is 2.92. The summed E-state index contributed by atoms with van der Waals surface area (Å²) < 4.78 is 5.86. The first-order valence-electron chi connectivity index (χ1n) is 8.85. The topological polar surface area (TPSA) is 67.4 Å². The molecule has 2 atom stereocenters. The monoisotopic (exact) mass is 330 g/mol. The van der Waals surface area contributed by atoms with E-state index in [1.165, 1.54) is 0 Å². The Balaban J connectivity index is 1.57. The molecule has 5 heteroatoms. The van der Waals surface area contributed by atoms with E-state index in [0.717, 1.165) is 25.0 Å².